The number of amides is 1. The number of nitrogens with one attached hydrogen (secondary N) is 1. The molecular formula is C12H22N2O. The molecule has 3 nitrogen and oxygen atoms in total. The van der Waals surface area contributed by atoms with E-state index in [9.17, 15) is 4.79 Å². The lowest BCUT2D eigenvalue weighted by atomic mass is 9.90. The minimum Gasteiger partial charge on any atom is -0.354 e. The van der Waals surface area contributed by atoms with Crippen molar-refractivity contribution in [2.24, 2.45) is 0 Å². The molecule has 0 spiro atoms. The second kappa shape index (κ2) is 4.12. The summed E-state index contributed by atoms with van der Waals surface area (Å²) in [4.78, 5) is 14.2. The first-order valence-corrected chi connectivity index (χ1v) is 6.25. The summed E-state index contributed by atoms with van der Waals surface area (Å²) in [7, 11) is 0. The Labute approximate surface area is 92.2 Å². The van der Waals surface area contributed by atoms with Crippen LogP contribution < -0.4 is 5.32 Å². The maximum atomic E-state index is 11.6. The van der Waals surface area contributed by atoms with Crippen LogP contribution in [0.5, 0.6) is 0 Å². The maximum absolute atomic E-state index is 11.6. The molecule has 0 aliphatic carbocycles. The molecule has 1 atom stereocenters. The second-order valence-corrected chi connectivity index (χ2v) is 4.90. The van der Waals surface area contributed by atoms with E-state index in [1.807, 2.05) is 0 Å². The number of carbonyl (C=O) groups is 1. The molecule has 2 saturated heterocycles. The molecule has 1 N–H and O–H groups in total. The predicted octanol–water partition coefficient (Wildman–Crippen LogP) is 1.53. The zero-order valence-corrected chi connectivity index (χ0v) is 9.88. The summed E-state index contributed by atoms with van der Waals surface area (Å²) < 4.78 is 0. The highest BCUT2D eigenvalue weighted by Gasteiger charge is 2.43. The van der Waals surface area contributed by atoms with Gasteiger partial charge in [0.05, 0.1) is 0 Å². The molecule has 0 radical (unpaired) electrons. The molecule has 2 aliphatic heterocycles. The summed E-state index contributed by atoms with van der Waals surface area (Å²) in [5.74, 6) is 0.246. The van der Waals surface area contributed by atoms with Crippen molar-refractivity contribution in [2.45, 2.75) is 57.5 Å². The van der Waals surface area contributed by atoms with Crippen LogP contribution in [0, 0.1) is 0 Å². The molecule has 2 fully saturated rings. The SMILES string of the molecule is CCC1(CC)CNC(=O)CC2CCCN21. The van der Waals surface area contributed by atoms with Gasteiger partial charge in [0.2, 0.25) is 5.91 Å². The van der Waals surface area contributed by atoms with Gasteiger partial charge >= 0.3 is 0 Å². The summed E-state index contributed by atoms with van der Waals surface area (Å²) in [5, 5.41) is 3.09. The molecule has 2 aliphatic rings. The van der Waals surface area contributed by atoms with Crippen molar-refractivity contribution in [3.63, 3.8) is 0 Å². The van der Waals surface area contributed by atoms with E-state index >= 15 is 0 Å². The van der Waals surface area contributed by atoms with Crippen LogP contribution in [0.25, 0.3) is 0 Å². The number of carbonyl (C=O) groups excluding carboxylic acids is 1. The second-order valence-electron chi connectivity index (χ2n) is 4.90. The fourth-order valence-electron chi connectivity index (χ4n) is 3.23. The van der Waals surface area contributed by atoms with Gasteiger partial charge in [0.25, 0.3) is 0 Å². The third-order valence-corrected chi connectivity index (χ3v) is 4.34. The van der Waals surface area contributed by atoms with E-state index in [1.165, 1.54) is 19.4 Å². The fraction of sp³-hybridized carbons (Fsp3) is 0.917. The van der Waals surface area contributed by atoms with Gasteiger partial charge in [-0.3, -0.25) is 9.69 Å². The summed E-state index contributed by atoms with van der Waals surface area (Å²) >= 11 is 0. The molecule has 1 amide bonds. The Bertz CT molecular complexity index is 248. The summed E-state index contributed by atoms with van der Waals surface area (Å²) in [6.07, 6.45) is 5.46. The Balaban J connectivity index is 2.25. The van der Waals surface area contributed by atoms with Crippen LogP contribution in [0.1, 0.15) is 46.0 Å². The molecule has 15 heavy (non-hydrogen) atoms. The van der Waals surface area contributed by atoms with Crippen LogP contribution in [-0.4, -0.2) is 35.5 Å². The first-order valence-electron chi connectivity index (χ1n) is 6.25. The Hall–Kier alpha value is -0.570. The highest BCUT2D eigenvalue weighted by Crippen LogP contribution is 2.34. The molecule has 2 rings (SSSR count). The molecule has 0 aromatic heterocycles. The van der Waals surface area contributed by atoms with Crippen molar-refractivity contribution in [1.82, 2.24) is 10.2 Å². The van der Waals surface area contributed by atoms with Crippen LogP contribution in [0.2, 0.25) is 0 Å². The van der Waals surface area contributed by atoms with Gasteiger partial charge in [0.15, 0.2) is 0 Å². The zero-order chi connectivity index (χ0) is 10.9. The molecule has 0 aromatic rings. The molecule has 3 heteroatoms. The van der Waals surface area contributed by atoms with E-state index in [0.717, 1.165) is 19.4 Å². The largest absolute Gasteiger partial charge is 0.354 e. The lowest BCUT2D eigenvalue weighted by molar-refractivity contribution is -0.121. The van der Waals surface area contributed by atoms with Crippen molar-refractivity contribution >= 4 is 5.91 Å². The van der Waals surface area contributed by atoms with Crippen molar-refractivity contribution in [1.29, 1.82) is 0 Å². The average molecular weight is 210 g/mol. The summed E-state index contributed by atoms with van der Waals surface area (Å²) in [5.41, 5.74) is 0.229. The van der Waals surface area contributed by atoms with Crippen molar-refractivity contribution in [3.05, 3.63) is 0 Å². The highest BCUT2D eigenvalue weighted by atomic mass is 16.1. The van der Waals surface area contributed by atoms with E-state index in [0.29, 0.717) is 12.5 Å². The summed E-state index contributed by atoms with van der Waals surface area (Å²) in [6.45, 7) is 6.52. The molecule has 2 heterocycles. The number of rotatable bonds is 2. The Kier molecular flexibility index (Phi) is 3.01. The quantitative estimate of drug-likeness (QED) is 0.749. The van der Waals surface area contributed by atoms with Crippen LogP contribution >= 0.6 is 0 Å². The number of hydrogen-bond donors (Lipinski definition) is 1. The Morgan fingerprint density at radius 1 is 1.47 bits per heavy atom. The number of fused-ring (bicyclic) bond motifs is 1. The number of hydrogen-bond acceptors (Lipinski definition) is 2. The predicted molar refractivity (Wildman–Crippen MR) is 60.7 cm³/mol. The standard InChI is InChI=1S/C12H22N2O/c1-3-12(4-2)9-13-11(15)8-10-6-5-7-14(10)12/h10H,3-9H2,1-2H3,(H,13,15). The van der Waals surface area contributed by atoms with Crippen LogP contribution in [-0.2, 0) is 4.79 Å². The minimum atomic E-state index is 0.229. The smallest absolute Gasteiger partial charge is 0.221 e. The van der Waals surface area contributed by atoms with Crippen molar-refractivity contribution < 1.29 is 4.79 Å². The van der Waals surface area contributed by atoms with E-state index in [2.05, 4.69) is 24.1 Å². The maximum Gasteiger partial charge on any atom is 0.221 e. The molecule has 1 unspecified atom stereocenters. The lowest BCUT2D eigenvalue weighted by Gasteiger charge is -2.42. The van der Waals surface area contributed by atoms with E-state index in [-0.39, 0.29) is 11.4 Å². The first-order chi connectivity index (χ1) is 7.22. The normalized spacial score (nSPS) is 30.8. The van der Waals surface area contributed by atoms with Gasteiger partial charge in [-0.05, 0) is 32.2 Å². The van der Waals surface area contributed by atoms with E-state index < -0.39 is 0 Å². The third-order valence-electron chi connectivity index (χ3n) is 4.34. The van der Waals surface area contributed by atoms with E-state index in [1.54, 1.807) is 0 Å². The topological polar surface area (TPSA) is 32.3 Å². The monoisotopic (exact) mass is 210 g/mol. The zero-order valence-electron chi connectivity index (χ0n) is 9.88. The average Bonchev–Trinajstić information content (AvgIpc) is 2.65. The van der Waals surface area contributed by atoms with Gasteiger partial charge in [-0.2, -0.15) is 0 Å². The van der Waals surface area contributed by atoms with Crippen LogP contribution in [0.3, 0.4) is 0 Å². The lowest BCUT2D eigenvalue weighted by Crippen LogP contribution is -2.53. The van der Waals surface area contributed by atoms with Gasteiger partial charge < -0.3 is 5.32 Å². The molecular weight excluding hydrogens is 188 g/mol. The van der Waals surface area contributed by atoms with Crippen LogP contribution in [0.4, 0.5) is 0 Å². The Morgan fingerprint density at radius 3 is 2.87 bits per heavy atom. The van der Waals surface area contributed by atoms with Gasteiger partial charge in [0.1, 0.15) is 0 Å². The van der Waals surface area contributed by atoms with Gasteiger partial charge in [-0.15, -0.1) is 0 Å². The van der Waals surface area contributed by atoms with Gasteiger partial charge in [-0.25, -0.2) is 0 Å². The summed E-state index contributed by atoms with van der Waals surface area (Å²) in [6, 6.07) is 0.507. The molecule has 0 aromatic carbocycles. The van der Waals surface area contributed by atoms with Crippen molar-refractivity contribution in [2.75, 3.05) is 13.1 Å². The van der Waals surface area contributed by atoms with Crippen molar-refractivity contribution in [3.8, 4) is 0 Å². The fourth-order valence-corrected chi connectivity index (χ4v) is 3.23. The molecule has 0 bridgehead atoms. The minimum absolute atomic E-state index is 0.229. The third kappa shape index (κ3) is 1.78. The van der Waals surface area contributed by atoms with Gasteiger partial charge in [0, 0.05) is 24.5 Å². The Morgan fingerprint density at radius 2 is 2.20 bits per heavy atom. The van der Waals surface area contributed by atoms with Gasteiger partial charge in [-0.1, -0.05) is 13.8 Å². The first kappa shape index (κ1) is 10.9. The van der Waals surface area contributed by atoms with Crippen LogP contribution in [0.15, 0.2) is 0 Å². The number of nitrogens with zero attached hydrogens (tertiary/aromatic N) is 1. The highest BCUT2D eigenvalue weighted by molar-refractivity contribution is 5.77. The van der Waals surface area contributed by atoms with E-state index in [4.69, 9.17) is 0 Å². The molecule has 86 valence electrons. The molecule has 0 saturated carbocycles.